The number of terminal acetylenes is 1. The van der Waals surface area contributed by atoms with E-state index in [1.54, 1.807) is 18.2 Å². The zero-order chi connectivity index (χ0) is 13.5. The minimum absolute atomic E-state index is 0.0492. The highest BCUT2D eigenvalue weighted by Crippen LogP contribution is 2.24. The molecule has 18 heavy (non-hydrogen) atoms. The van der Waals surface area contributed by atoms with Crippen molar-refractivity contribution < 1.29 is 9.53 Å². The van der Waals surface area contributed by atoms with E-state index in [9.17, 15) is 4.79 Å². The molecule has 1 rings (SSSR count). The van der Waals surface area contributed by atoms with E-state index in [0.717, 1.165) is 6.42 Å². The average molecular weight is 246 g/mol. The van der Waals surface area contributed by atoms with Crippen molar-refractivity contribution in [1.29, 1.82) is 0 Å². The average Bonchev–Trinajstić information content (AvgIpc) is 2.37. The third-order valence-electron chi connectivity index (χ3n) is 2.70. The minimum atomic E-state index is -0.257. The molecule has 0 saturated carbocycles. The first-order valence-corrected chi connectivity index (χ1v) is 5.80. The van der Waals surface area contributed by atoms with Gasteiger partial charge in [-0.15, -0.1) is 12.3 Å². The van der Waals surface area contributed by atoms with Gasteiger partial charge in [-0.3, -0.25) is 4.79 Å². The van der Waals surface area contributed by atoms with Crippen LogP contribution < -0.4 is 15.8 Å². The molecule has 0 heterocycles. The number of hydrogen-bond acceptors (Lipinski definition) is 3. The number of benzene rings is 1. The molecule has 4 nitrogen and oxygen atoms in total. The lowest BCUT2D eigenvalue weighted by Crippen LogP contribution is -2.34. The molecule has 4 heteroatoms. The van der Waals surface area contributed by atoms with Crippen LogP contribution >= 0.6 is 0 Å². The summed E-state index contributed by atoms with van der Waals surface area (Å²) in [6.07, 6.45) is 6.52. The summed E-state index contributed by atoms with van der Waals surface area (Å²) in [4.78, 5) is 12.1. The first-order valence-electron chi connectivity index (χ1n) is 5.80. The molecule has 1 amide bonds. The molecule has 0 aliphatic rings. The Morgan fingerprint density at radius 1 is 1.61 bits per heavy atom. The normalized spacial score (nSPS) is 11.4. The predicted octanol–water partition coefficient (Wildman–Crippen LogP) is 1.81. The fraction of sp³-hybridized carbons (Fsp3) is 0.357. The number of nitrogens with one attached hydrogen (secondary N) is 1. The highest BCUT2D eigenvalue weighted by atomic mass is 16.5. The van der Waals surface area contributed by atoms with E-state index in [1.807, 2.05) is 6.92 Å². The van der Waals surface area contributed by atoms with E-state index < -0.39 is 0 Å². The van der Waals surface area contributed by atoms with Crippen molar-refractivity contribution in [3.8, 4) is 18.1 Å². The summed E-state index contributed by atoms with van der Waals surface area (Å²) in [5, 5.41) is 2.86. The molecular formula is C14H18N2O2. The van der Waals surface area contributed by atoms with Crippen molar-refractivity contribution in [2.75, 3.05) is 12.8 Å². The van der Waals surface area contributed by atoms with Crippen molar-refractivity contribution in [1.82, 2.24) is 5.32 Å². The number of nitrogen functional groups attached to an aromatic ring is 1. The standard InChI is InChI=1S/C14H18N2O2/c1-4-7-10(5-2)16-14(17)13-11(15)8-6-9-12(13)18-3/h1,6,8-10H,5,7,15H2,2-3H3,(H,16,17). The second kappa shape index (κ2) is 6.55. The van der Waals surface area contributed by atoms with Crippen molar-refractivity contribution >= 4 is 11.6 Å². The van der Waals surface area contributed by atoms with Gasteiger partial charge in [0, 0.05) is 18.2 Å². The van der Waals surface area contributed by atoms with Gasteiger partial charge in [-0.05, 0) is 18.6 Å². The number of methoxy groups -OCH3 is 1. The zero-order valence-corrected chi connectivity index (χ0v) is 10.7. The van der Waals surface area contributed by atoms with E-state index in [0.29, 0.717) is 23.4 Å². The van der Waals surface area contributed by atoms with E-state index in [4.69, 9.17) is 16.9 Å². The van der Waals surface area contributed by atoms with Gasteiger partial charge in [0.1, 0.15) is 11.3 Å². The molecule has 1 aromatic carbocycles. The summed E-state index contributed by atoms with van der Waals surface area (Å²) in [5.41, 5.74) is 6.56. The SMILES string of the molecule is C#CCC(CC)NC(=O)c1c(N)cccc1OC. The van der Waals surface area contributed by atoms with E-state index >= 15 is 0 Å². The highest BCUT2D eigenvalue weighted by Gasteiger charge is 2.18. The van der Waals surface area contributed by atoms with Crippen LogP contribution in [0.1, 0.15) is 30.1 Å². The van der Waals surface area contributed by atoms with Gasteiger partial charge in [-0.2, -0.15) is 0 Å². The Morgan fingerprint density at radius 2 is 2.33 bits per heavy atom. The Kier molecular flexibility index (Phi) is 5.06. The maximum Gasteiger partial charge on any atom is 0.257 e. The second-order valence-corrected chi connectivity index (χ2v) is 3.91. The largest absolute Gasteiger partial charge is 0.496 e. The summed E-state index contributed by atoms with van der Waals surface area (Å²) >= 11 is 0. The van der Waals surface area contributed by atoms with Gasteiger partial charge < -0.3 is 15.8 Å². The van der Waals surface area contributed by atoms with Gasteiger partial charge >= 0.3 is 0 Å². The molecule has 1 atom stereocenters. The molecular weight excluding hydrogens is 228 g/mol. The number of carbonyl (C=O) groups excluding carboxylic acids is 1. The Balaban J connectivity index is 2.94. The lowest BCUT2D eigenvalue weighted by molar-refractivity contribution is 0.0934. The van der Waals surface area contributed by atoms with Crippen LogP contribution in [0.4, 0.5) is 5.69 Å². The topological polar surface area (TPSA) is 64.4 Å². The van der Waals surface area contributed by atoms with Crippen molar-refractivity contribution in [2.24, 2.45) is 0 Å². The van der Waals surface area contributed by atoms with Gasteiger partial charge in [-0.1, -0.05) is 13.0 Å². The molecule has 0 aromatic heterocycles. The summed E-state index contributed by atoms with van der Waals surface area (Å²) in [5.74, 6) is 2.75. The van der Waals surface area contributed by atoms with Gasteiger partial charge in [0.2, 0.25) is 0 Å². The van der Waals surface area contributed by atoms with Crippen molar-refractivity contribution in [3.63, 3.8) is 0 Å². The minimum Gasteiger partial charge on any atom is -0.496 e. The van der Waals surface area contributed by atoms with Crippen molar-refractivity contribution in [3.05, 3.63) is 23.8 Å². The first-order chi connectivity index (χ1) is 8.63. The summed E-state index contributed by atoms with van der Waals surface area (Å²) in [6, 6.07) is 5.06. The van der Waals surface area contributed by atoms with Crippen LogP contribution in [0, 0.1) is 12.3 Å². The van der Waals surface area contributed by atoms with E-state index in [2.05, 4.69) is 11.2 Å². The van der Waals surface area contributed by atoms with Crippen LogP contribution in [0.15, 0.2) is 18.2 Å². The third-order valence-corrected chi connectivity index (χ3v) is 2.70. The molecule has 0 fully saturated rings. The van der Waals surface area contributed by atoms with Gasteiger partial charge in [-0.25, -0.2) is 0 Å². The molecule has 0 saturated heterocycles. The smallest absolute Gasteiger partial charge is 0.257 e. The first kappa shape index (κ1) is 13.9. The molecule has 0 bridgehead atoms. The lowest BCUT2D eigenvalue weighted by atomic mass is 10.1. The fourth-order valence-corrected chi connectivity index (χ4v) is 1.66. The molecule has 0 radical (unpaired) electrons. The summed E-state index contributed by atoms with van der Waals surface area (Å²) in [7, 11) is 1.50. The van der Waals surface area contributed by atoms with Gasteiger partial charge in [0.05, 0.1) is 7.11 Å². The highest BCUT2D eigenvalue weighted by molar-refractivity contribution is 6.02. The maximum absolute atomic E-state index is 12.1. The number of hydrogen-bond donors (Lipinski definition) is 2. The van der Waals surface area contributed by atoms with E-state index in [-0.39, 0.29) is 11.9 Å². The van der Waals surface area contributed by atoms with E-state index in [1.165, 1.54) is 7.11 Å². The van der Waals surface area contributed by atoms with Gasteiger partial charge in [0.15, 0.2) is 0 Å². The molecule has 3 N–H and O–H groups in total. The van der Waals surface area contributed by atoms with Crippen LogP contribution in [-0.2, 0) is 0 Å². The molecule has 1 aromatic rings. The fourth-order valence-electron chi connectivity index (χ4n) is 1.66. The molecule has 1 unspecified atom stereocenters. The number of nitrogens with two attached hydrogens (primary N) is 1. The van der Waals surface area contributed by atoms with Crippen LogP contribution in [0.25, 0.3) is 0 Å². The number of ether oxygens (including phenoxy) is 1. The molecule has 0 aliphatic carbocycles. The number of rotatable bonds is 5. The van der Waals surface area contributed by atoms with Crippen molar-refractivity contribution in [2.45, 2.75) is 25.8 Å². The molecule has 0 spiro atoms. The molecule has 0 aliphatic heterocycles. The lowest BCUT2D eigenvalue weighted by Gasteiger charge is -2.16. The Labute approximate surface area is 108 Å². The monoisotopic (exact) mass is 246 g/mol. The number of anilines is 1. The Bertz CT molecular complexity index is 463. The van der Waals surface area contributed by atoms with Crippen LogP contribution in [0.5, 0.6) is 5.75 Å². The summed E-state index contributed by atoms with van der Waals surface area (Å²) in [6.45, 7) is 1.97. The predicted molar refractivity (Wildman–Crippen MR) is 72.4 cm³/mol. The Morgan fingerprint density at radius 3 is 2.89 bits per heavy atom. The number of carbonyl (C=O) groups is 1. The van der Waals surface area contributed by atoms with Gasteiger partial charge in [0.25, 0.3) is 5.91 Å². The number of amides is 1. The van der Waals surface area contributed by atoms with Crippen LogP contribution in [0.3, 0.4) is 0 Å². The zero-order valence-electron chi connectivity index (χ0n) is 10.7. The third kappa shape index (κ3) is 3.17. The Hall–Kier alpha value is -2.15. The quantitative estimate of drug-likeness (QED) is 0.615. The van der Waals surface area contributed by atoms with Crippen LogP contribution in [-0.4, -0.2) is 19.1 Å². The summed E-state index contributed by atoms with van der Waals surface area (Å²) < 4.78 is 5.14. The second-order valence-electron chi connectivity index (χ2n) is 3.91. The van der Waals surface area contributed by atoms with Crippen LogP contribution in [0.2, 0.25) is 0 Å². The molecule has 96 valence electrons. The maximum atomic E-state index is 12.1.